The van der Waals surface area contributed by atoms with E-state index >= 15 is 0 Å². The molecule has 4 rings (SSSR count). The van der Waals surface area contributed by atoms with E-state index in [-0.39, 0.29) is 27.8 Å². The van der Waals surface area contributed by atoms with Crippen molar-refractivity contribution in [1.29, 1.82) is 0 Å². The summed E-state index contributed by atoms with van der Waals surface area (Å²) in [5, 5.41) is 2.58. The minimum absolute atomic E-state index is 0.106. The van der Waals surface area contributed by atoms with Gasteiger partial charge in [0.1, 0.15) is 17.1 Å². The van der Waals surface area contributed by atoms with E-state index in [9.17, 15) is 31.5 Å². The fourth-order valence-electron chi connectivity index (χ4n) is 3.38. The fraction of sp³-hybridized carbons (Fsp3) is 0.120. The maximum absolute atomic E-state index is 13.9. The summed E-state index contributed by atoms with van der Waals surface area (Å²) >= 11 is 0. The van der Waals surface area contributed by atoms with Crippen LogP contribution in [-0.4, -0.2) is 19.1 Å². The molecule has 0 saturated carbocycles. The van der Waals surface area contributed by atoms with E-state index in [0.29, 0.717) is 11.3 Å². The number of ether oxygens (including phenoxy) is 2. The summed E-state index contributed by atoms with van der Waals surface area (Å²) in [7, 11) is 1.46. The lowest BCUT2D eigenvalue weighted by Crippen LogP contribution is -2.31. The SMILES string of the molecule is COc1ccccc1-c1cc(=O)c2ccc(NC(=O)C(C)Oc3c(F)c(F)c(F)c(F)c3F)cc2o1. The van der Waals surface area contributed by atoms with Crippen LogP contribution in [0.5, 0.6) is 11.5 Å². The van der Waals surface area contributed by atoms with Crippen molar-refractivity contribution in [1.82, 2.24) is 0 Å². The number of methoxy groups -OCH3 is 1. The van der Waals surface area contributed by atoms with Gasteiger partial charge in [-0.2, -0.15) is 8.78 Å². The van der Waals surface area contributed by atoms with Gasteiger partial charge in [0.25, 0.3) is 5.91 Å². The van der Waals surface area contributed by atoms with Gasteiger partial charge in [-0.1, -0.05) is 12.1 Å². The summed E-state index contributed by atoms with van der Waals surface area (Å²) < 4.78 is 83.6. The number of hydrogen-bond donors (Lipinski definition) is 1. The van der Waals surface area contributed by atoms with Crippen molar-refractivity contribution in [2.45, 2.75) is 13.0 Å². The molecule has 0 aliphatic heterocycles. The van der Waals surface area contributed by atoms with Crippen molar-refractivity contribution in [2.24, 2.45) is 0 Å². The van der Waals surface area contributed by atoms with E-state index in [1.807, 2.05) is 0 Å². The molecule has 11 heteroatoms. The average Bonchev–Trinajstić information content (AvgIpc) is 2.88. The van der Waals surface area contributed by atoms with Crippen LogP contribution in [0.25, 0.3) is 22.3 Å². The summed E-state index contributed by atoms with van der Waals surface area (Å²) in [5.41, 5.74) is 0.367. The van der Waals surface area contributed by atoms with Crippen LogP contribution in [0.3, 0.4) is 0 Å². The second-order valence-electron chi connectivity index (χ2n) is 7.53. The first-order chi connectivity index (χ1) is 17.1. The number of amides is 1. The Morgan fingerprint density at radius 2 is 1.56 bits per heavy atom. The standard InChI is InChI=1S/C25H16F5NO5/c1-11(35-24-22(29)20(27)19(26)21(28)23(24)30)25(33)31-12-7-8-13-15(32)10-18(36-17(13)9-12)14-5-3-4-6-16(14)34-2/h3-11H,1-2H3,(H,31,33). The van der Waals surface area contributed by atoms with Crippen molar-refractivity contribution in [2.75, 3.05) is 12.4 Å². The highest BCUT2D eigenvalue weighted by molar-refractivity contribution is 5.96. The third-order valence-corrected chi connectivity index (χ3v) is 5.20. The van der Waals surface area contributed by atoms with Gasteiger partial charge in [0.15, 0.2) is 17.3 Å². The molecule has 0 spiro atoms. The van der Waals surface area contributed by atoms with Gasteiger partial charge in [-0.3, -0.25) is 9.59 Å². The van der Waals surface area contributed by atoms with Crippen LogP contribution in [-0.2, 0) is 4.79 Å². The highest BCUT2D eigenvalue weighted by Gasteiger charge is 2.29. The largest absolute Gasteiger partial charge is 0.496 e. The molecule has 1 unspecified atom stereocenters. The van der Waals surface area contributed by atoms with Gasteiger partial charge < -0.3 is 19.2 Å². The number of rotatable bonds is 6. The number of carbonyl (C=O) groups excluding carboxylic acids is 1. The Labute approximate surface area is 199 Å². The Hall–Kier alpha value is -4.41. The molecule has 1 N–H and O–H groups in total. The van der Waals surface area contributed by atoms with Crippen LogP contribution in [0.1, 0.15) is 6.92 Å². The first kappa shape index (κ1) is 24.7. The molecule has 0 radical (unpaired) electrons. The van der Waals surface area contributed by atoms with Crippen LogP contribution in [0, 0.1) is 29.1 Å². The molecule has 0 saturated heterocycles. The van der Waals surface area contributed by atoms with Crippen LogP contribution in [0.4, 0.5) is 27.6 Å². The van der Waals surface area contributed by atoms with Gasteiger partial charge in [-0.05, 0) is 31.2 Å². The van der Waals surface area contributed by atoms with Gasteiger partial charge in [0.05, 0.1) is 18.1 Å². The Morgan fingerprint density at radius 1 is 0.917 bits per heavy atom. The molecule has 6 nitrogen and oxygen atoms in total. The predicted molar refractivity (Wildman–Crippen MR) is 119 cm³/mol. The summed E-state index contributed by atoms with van der Waals surface area (Å²) in [6, 6.07) is 12.2. The van der Waals surface area contributed by atoms with E-state index in [1.165, 1.54) is 31.4 Å². The van der Waals surface area contributed by atoms with Crippen LogP contribution in [0.15, 0.2) is 57.7 Å². The van der Waals surface area contributed by atoms with Crippen molar-refractivity contribution in [3.8, 4) is 22.8 Å². The zero-order valence-corrected chi connectivity index (χ0v) is 18.6. The molecular weight excluding hydrogens is 489 g/mol. The number of anilines is 1. The van der Waals surface area contributed by atoms with Crippen molar-refractivity contribution >= 4 is 22.6 Å². The summed E-state index contributed by atoms with van der Waals surface area (Å²) in [5.74, 6) is -13.1. The second-order valence-corrected chi connectivity index (χ2v) is 7.53. The summed E-state index contributed by atoms with van der Waals surface area (Å²) in [6.07, 6.45) is -1.67. The fourth-order valence-corrected chi connectivity index (χ4v) is 3.38. The Bertz CT molecular complexity index is 1520. The first-order valence-electron chi connectivity index (χ1n) is 10.3. The maximum Gasteiger partial charge on any atom is 0.265 e. The molecule has 0 aliphatic rings. The molecule has 0 fully saturated rings. The monoisotopic (exact) mass is 505 g/mol. The molecular formula is C25H16F5NO5. The van der Waals surface area contributed by atoms with E-state index in [2.05, 4.69) is 5.32 Å². The molecule has 3 aromatic carbocycles. The number of halogens is 5. The summed E-state index contributed by atoms with van der Waals surface area (Å²) in [6.45, 7) is 1.05. The zero-order valence-electron chi connectivity index (χ0n) is 18.6. The van der Waals surface area contributed by atoms with Crippen LogP contribution >= 0.6 is 0 Å². The second kappa shape index (κ2) is 9.68. The van der Waals surface area contributed by atoms with Gasteiger partial charge in [-0.25, -0.2) is 13.2 Å². The third-order valence-electron chi connectivity index (χ3n) is 5.20. The maximum atomic E-state index is 13.9. The lowest BCUT2D eigenvalue weighted by Gasteiger charge is -2.16. The molecule has 4 aromatic rings. The quantitative estimate of drug-likeness (QED) is 0.211. The number of benzene rings is 3. The van der Waals surface area contributed by atoms with E-state index in [4.69, 9.17) is 13.9 Å². The molecule has 36 heavy (non-hydrogen) atoms. The van der Waals surface area contributed by atoms with Crippen LogP contribution in [0.2, 0.25) is 0 Å². The molecule has 186 valence electrons. The van der Waals surface area contributed by atoms with E-state index in [0.717, 1.165) is 6.92 Å². The average molecular weight is 505 g/mol. The molecule has 1 atom stereocenters. The van der Waals surface area contributed by atoms with Gasteiger partial charge in [-0.15, -0.1) is 0 Å². The molecule has 1 amide bonds. The number of carbonyl (C=O) groups is 1. The van der Waals surface area contributed by atoms with Gasteiger partial charge in [0, 0.05) is 17.8 Å². The van der Waals surface area contributed by atoms with Gasteiger partial charge >= 0.3 is 0 Å². The molecule has 0 bridgehead atoms. The first-order valence-corrected chi connectivity index (χ1v) is 10.3. The van der Waals surface area contributed by atoms with Crippen molar-refractivity contribution in [3.05, 3.63) is 87.8 Å². The Balaban J connectivity index is 1.61. The number of para-hydroxylation sites is 1. The zero-order chi connectivity index (χ0) is 26.1. The van der Waals surface area contributed by atoms with Crippen LogP contribution < -0.4 is 20.2 Å². The molecule has 0 aliphatic carbocycles. The topological polar surface area (TPSA) is 77.8 Å². The lowest BCUT2D eigenvalue weighted by atomic mass is 10.1. The number of hydrogen-bond acceptors (Lipinski definition) is 5. The lowest BCUT2D eigenvalue weighted by molar-refractivity contribution is -0.122. The highest BCUT2D eigenvalue weighted by atomic mass is 19.2. The number of nitrogens with one attached hydrogen (secondary N) is 1. The Morgan fingerprint density at radius 3 is 2.22 bits per heavy atom. The van der Waals surface area contributed by atoms with Crippen molar-refractivity contribution in [3.63, 3.8) is 0 Å². The normalized spacial score (nSPS) is 11.9. The highest BCUT2D eigenvalue weighted by Crippen LogP contribution is 2.32. The number of fused-ring (bicyclic) bond motifs is 1. The smallest absolute Gasteiger partial charge is 0.265 e. The van der Waals surface area contributed by atoms with E-state index < -0.39 is 46.8 Å². The molecule has 1 heterocycles. The minimum Gasteiger partial charge on any atom is -0.496 e. The minimum atomic E-state index is -2.35. The van der Waals surface area contributed by atoms with Crippen molar-refractivity contribution < 1.29 is 40.6 Å². The van der Waals surface area contributed by atoms with Gasteiger partial charge in [0.2, 0.25) is 29.1 Å². The Kier molecular flexibility index (Phi) is 6.65. The predicted octanol–water partition coefficient (Wildman–Crippen LogP) is 5.57. The third kappa shape index (κ3) is 4.47. The summed E-state index contributed by atoms with van der Waals surface area (Å²) in [4.78, 5) is 25.1. The molecule has 1 aromatic heterocycles. The van der Waals surface area contributed by atoms with E-state index in [1.54, 1.807) is 24.3 Å².